The fourth-order valence-electron chi connectivity index (χ4n) is 2.01. The lowest BCUT2D eigenvalue weighted by atomic mass is 10.2. The number of thiophene rings is 1. The van der Waals surface area contributed by atoms with E-state index in [1.54, 1.807) is 19.1 Å². The summed E-state index contributed by atoms with van der Waals surface area (Å²) in [5.74, 6) is 0.0621. The van der Waals surface area contributed by atoms with Gasteiger partial charge in [-0.3, -0.25) is 9.59 Å². The number of esters is 1. The Bertz CT molecular complexity index is 867. The zero-order valence-corrected chi connectivity index (χ0v) is 13.1. The molecule has 0 fully saturated rings. The number of hydrogen-bond acceptors (Lipinski definition) is 7. The van der Waals surface area contributed by atoms with E-state index in [0.717, 1.165) is 5.56 Å². The third-order valence-electron chi connectivity index (χ3n) is 3.06. The van der Waals surface area contributed by atoms with Crippen molar-refractivity contribution in [2.45, 2.75) is 13.5 Å². The molecule has 7 nitrogen and oxygen atoms in total. The minimum absolute atomic E-state index is 0.120. The summed E-state index contributed by atoms with van der Waals surface area (Å²) >= 11 is 1.52. The van der Waals surface area contributed by atoms with Crippen LogP contribution < -0.4 is 5.56 Å². The highest BCUT2D eigenvalue weighted by atomic mass is 32.1. The summed E-state index contributed by atoms with van der Waals surface area (Å²) in [5.41, 5.74) is 0.680. The van der Waals surface area contributed by atoms with Crippen molar-refractivity contribution in [3.05, 3.63) is 45.5 Å². The van der Waals surface area contributed by atoms with E-state index in [2.05, 4.69) is 10.1 Å². The summed E-state index contributed by atoms with van der Waals surface area (Å²) in [6, 6.07) is 5.09. The average Bonchev–Trinajstić information content (AvgIpc) is 3.20. The van der Waals surface area contributed by atoms with Crippen LogP contribution in [0.15, 0.2) is 44.5 Å². The maximum absolute atomic E-state index is 12.4. The van der Waals surface area contributed by atoms with Gasteiger partial charge in [0.05, 0.1) is 6.61 Å². The first-order valence-corrected chi connectivity index (χ1v) is 7.85. The molecule has 0 N–H and O–H groups in total. The van der Waals surface area contributed by atoms with E-state index >= 15 is 0 Å². The molecule has 0 bridgehead atoms. The molecule has 3 aromatic heterocycles. The predicted molar refractivity (Wildman–Crippen MR) is 83.9 cm³/mol. The Kier molecular flexibility index (Phi) is 4.33. The molecule has 3 rings (SSSR count). The van der Waals surface area contributed by atoms with Gasteiger partial charge in [0.2, 0.25) is 5.82 Å². The van der Waals surface area contributed by atoms with Crippen LogP contribution in [0, 0.1) is 0 Å². The number of rotatable bonds is 5. The SMILES string of the molecule is CCOC(=O)Cn1cccc(-c2nc(-c3ccsc3)no2)c1=O. The number of pyridine rings is 1. The zero-order chi connectivity index (χ0) is 16.2. The molecule has 0 aromatic carbocycles. The number of aromatic nitrogens is 3. The normalized spacial score (nSPS) is 10.7. The van der Waals surface area contributed by atoms with Gasteiger partial charge in [0.25, 0.3) is 11.4 Å². The standard InChI is InChI=1S/C15H13N3O4S/c1-2-21-12(19)8-18-6-3-4-11(15(18)20)14-16-13(17-22-14)10-5-7-23-9-10/h3-7,9H,2,8H2,1H3. The molecule has 0 atom stereocenters. The molecule has 0 spiro atoms. The van der Waals surface area contributed by atoms with Gasteiger partial charge in [0.15, 0.2) is 0 Å². The topological polar surface area (TPSA) is 87.2 Å². The Morgan fingerprint density at radius 3 is 3.04 bits per heavy atom. The zero-order valence-electron chi connectivity index (χ0n) is 12.3. The molecule has 0 radical (unpaired) electrons. The van der Waals surface area contributed by atoms with Gasteiger partial charge in [-0.05, 0) is 30.5 Å². The van der Waals surface area contributed by atoms with Crippen LogP contribution in [-0.2, 0) is 16.1 Å². The minimum Gasteiger partial charge on any atom is -0.465 e. The lowest BCUT2D eigenvalue weighted by Gasteiger charge is -2.05. The van der Waals surface area contributed by atoms with E-state index in [1.165, 1.54) is 22.1 Å². The maximum Gasteiger partial charge on any atom is 0.326 e. The Morgan fingerprint density at radius 2 is 2.30 bits per heavy atom. The molecule has 23 heavy (non-hydrogen) atoms. The first-order valence-electron chi connectivity index (χ1n) is 6.90. The summed E-state index contributed by atoms with van der Waals surface area (Å²) in [4.78, 5) is 28.2. The van der Waals surface area contributed by atoms with E-state index in [4.69, 9.17) is 9.26 Å². The first-order chi connectivity index (χ1) is 11.2. The predicted octanol–water partition coefficient (Wildman–Crippen LogP) is 2.19. The van der Waals surface area contributed by atoms with Gasteiger partial charge >= 0.3 is 5.97 Å². The van der Waals surface area contributed by atoms with Crippen LogP contribution in [-0.4, -0.2) is 27.3 Å². The van der Waals surface area contributed by atoms with Gasteiger partial charge in [-0.25, -0.2) is 0 Å². The highest BCUT2D eigenvalue weighted by Gasteiger charge is 2.16. The second-order valence-electron chi connectivity index (χ2n) is 4.60. The summed E-state index contributed by atoms with van der Waals surface area (Å²) < 4.78 is 11.3. The van der Waals surface area contributed by atoms with Crippen molar-refractivity contribution in [3.8, 4) is 22.8 Å². The van der Waals surface area contributed by atoms with Gasteiger partial charge < -0.3 is 13.8 Å². The molecule has 8 heteroatoms. The Morgan fingerprint density at radius 1 is 1.43 bits per heavy atom. The number of nitrogens with zero attached hydrogens (tertiary/aromatic N) is 3. The molecular formula is C15H13N3O4S. The molecule has 0 aliphatic rings. The second kappa shape index (κ2) is 6.57. The molecule has 3 heterocycles. The number of carbonyl (C=O) groups excluding carboxylic acids is 1. The summed E-state index contributed by atoms with van der Waals surface area (Å²) in [6.07, 6.45) is 1.51. The number of carbonyl (C=O) groups is 1. The van der Waals surface area contributed by atoms with Crippen molar-refractivity contribution in [2.75, 3.05) is 6.61 Å². The van der Waals surface area contributed by atoms with Crippen molar-refractivity contribution in [1.29, 1.82) is 0 Å². The summed E-state index contributed by atoms with van der Waals surface area (Å²) in [7, 11) is 0. The van der Waals surface area contributed by atoms with Crippen LogP contribution in [0.25, 0.3) is 22.8 Å². The van der Waals surface area contributed by atoms with Crippen LogP contribution >= 0.6 is 11.3 Å². The number of hydrogen-bond donors (Lipinski definition) is 0. The Hall–Kier alpha value is -2.74. The highest BCUT2D eigenvalue weighted by Crippen LogP contribution is 2.21. The highest BCUT2D eigenvalue weighted by molar-refractivity contribution is 7.08. The smallest absolute Gasteiger partial charge is 0.326 e. The molecule has 0 unspecified atom stereocenters. The Balaban J connectivity index is 1.92. The molecular weight excluding hydrogens is 318 g/mol. The van der Waals surface area contributed by atoms with Gasteiger partial charge in [-0.1, -0.05) is 5.16 Å². The molecule has 3 aromatic rings. The van der Waals surface area contributed by atoms with Crippen molar-refractivity contribution in [2.24, 2.45) is 0 Å². The van der Waals surface area contributed by atoms with Crippen molar-refractivity contribution >= 4 is 17.3 Å². The molecule has 118 valence electrons. The first kappa shape index (κ1) is 15.2. The van der Waals surface area contributed by atoms with E-state index in [9.17, 15) is 9.59 Å². The summed E-state index contributed by atoms with van der Waals surface area (Å²) in [5, 5.41) is 7.67. The monoisotopic (exact) mass is 331 g/mol. The largest absolute Gasteiger partial charge is 0.465 e. The van der Waals surface area contributed by atoms with Crippen molar-refractivity contribution in [1.82, 2.24) is 14.7 Å². The average molecular weight is 331 g/mol. The van der Waals surface area contributed by atoms with Gasteiger partial charge in [-0.15, -0.1) is 0 Å². The van der Waals surface area contributed by atoms with Crippen molar-refractivity contribution in [3.63, 3.8) is 0 Å². The maximum atomic E-state index is 12.4. The number of ether oxygens (including phenoxy) is 1. The van der Waals surface area contributed by atoms with E-state index in [0.29, 0.717) is 5.82 Å². The van der Waals surface area contributed by atoms with Crippen molar-refractivity contribution < 1.29 is 14.1 Å². The molecule has 0 saturated heterocycles. The molecule has 0 amide bonds. The van der Waals surface area contributed by atoms with E-state index in [1.807, 2.05) is 16.8 Å². The fraction of sp³-hybridized carbons (Fsp3) is 0.200. The summed E-state index contributed by atoms with van der Waals surface area (Å²) in [6.45, 7) is 1.81. The third-order valence-corrected chi connectivity index (χ3v) is 3.74. The van der Waals surface area contributed by atoms with Gasteiger partial charge in [0.1, 0.15) is 12.1 Å². The lowest BCUT2D eigenvalue weighted by molar-refractivity contribution is -0.143. The Labute approximate surface area is 135 Å². The molecule has 0 aliphatic carbocycles. The van der Waals surface area contributed by atoms with E-state index in [-0.39, 0.29) is 30.2 Å². The fourth-order valence-corrected chi connectivity index (χ4v) is 2.65. The minimum atomic E-state index is -0.476. The van der Waals surface area contributed by atoms with Crippen LogP contribution in [0.3, 0.4) is 0 Å². The lowest BCUT2D eigenvalue weighted by Crippen LogP contribution is -2.25. The second-order valence-corrected chi connectivity index (χ2v) is 5.38. The van der Waals surface area contributed by atoms with Gasteiger partial charge in [0, 0.05) is 17.1 Å². The van der Waals surface area contributed by atoms with Crippen LogP contribution in [0.2, 0.25) is 0 Å². The van der Waals surface area contributed by atoms with Crippen LogP contribution in [0.1, 0.15) is 6.92 Å². The van der Waals surface area contributed by atoms with Crippen LogP contribution in [0.5, 0.6) is 0 Å². The van der Waals surface area contributed by atoms with Crippen LogP contribution in [0.4, 0.5) is 0 Å². The van der Waals surface area contributed by atoms with E-state index < -0.39 is 5.97 Å². The van der Waals surface area contributed by atoms with Gasteiger partial charge in [-0.2, -0.15) is 16.3 Å². The molecule has 0 aliphatic heterocycles. The third kappa shape index (κ3) is 3.21. The molecule has 0 saturated carbocycles. The quantitative estimate of drug-likeness (QED) is 0.666.